The van der Waals surface area contributed by atoms with Crippen molar-refractivity contribution in [1.82, 2.24) is 0 Å². The number of hydrogen-bond donors (Lipinski definition) is 0. The highest BCUT2D eigenvalue weighted by atomic mass is 16.5. The second-order valence-corrected chi connectivity index (χ2v) is 8.83. The second-order valence-electron chi connectivity index (χ2n) is 8.83. The predicted octanol–water partition coefficient (Wildman–Crippen LogP) is 9.32. The molecule has 0 atom stereocenters. The normalized spacial score (nSPS) is 11.8. The van der Waals surface area contributed by atoms with E-state index >= 15 is 0 Å². The predicted molar refractivity (Wildman–Crippen MR) is 128 cm³/mol. The van der Waals surface area contributed by atoms with Crippen LogP contribution in [0.2, 0.25) is 0 Å². The van der Waals surface area contributed by atoms with Crippen LogP contribution in [-0.4, -0.2) is 12.6 Å². The summed E-state index contributed by atoms with van der Waals surface area (Å²) in [6.45, 7) is 6.54. The minimum atomic E-state index is -0.162. The average molecular weight is 409 g/mol. The summed E-state index contributed by atoms with van der Waals surface area (Å²) in [6, 6.07) is 0. The van der Waals surface area contributed by atoms with Crippen LogP contribution >= 0.6 is 0 Å². The Labute approximate surface area is 183 Å². The van der Waals surface area contributed by atoms with Crippen LogP contribution in [0.4, 0.5) is 0 Å². The molecule has 0 aliphatic carbocycles. The lowest BCUT2D eigenvalue weighted by Crippen LogP contribution is -2.06. The highest BCUT2D eigenvalue weighted by molar-refractivity contribution is 5.87. The van der Waals surface area contributed by atoms with Crippen molar-refractivity contribution >= 4 is 5.97 Å². The molecule has 0 heterocycles. The van der Waals surface area contributed by atoms with Crippen LogP contribution in [0.1, 0.15) is 149 Å². The molecular formula is C27H52O2. The molecule has 0 bridgehead atoms. The van der Waals surface area contributed by atoms with Crippen molar-refractivity contribution in [3.63, 3.8) is 0 Å². The van der Waals surface area contributed by atoms with E-state index in [9.17, 15) is 4.79 Å². The third kappa shape index (κ3) is 21.7. The first-order valence-corrected chi connectivity index (χ1v) is 13.0. The SMILES string of the molecule is C/C=C(/C)C(=O)OCCCCCCCCCCCCCCCCCCCCCC. The van der Waals surface area contributed by atoms with Crippen molar-refractivity contribution < 1.29 is 9.53 Å². The molecule has 0 aliphatic heterocycles. The van der Waals surface area contributed by atoms with Gasteiger partial charge in [-0.15, -0.1) is 0 Å². The molecular weight excluding hydrogens is 356 g/mol. The molecule has 0 unspecified atom stereocenters. The summed E-state index contributed by atoms with van der Waals surface area (Å²) in [6.07, 6.45) is 29.5. The zero-order valence-corrected chi connectivity index (χ0v) is 20.2. The van der Waals surface area contributed by atoms with Crippen molar-refractivity contribution in [3.05, 3.63) is 11.6 Å². The summed E-state index contributed by atoms with van der Waals surface area (Å²) in [4.78, 5) is 11.5. The molecule has 0 aromatic rings. The Hall–Kier alpha value is -0.790. The van der Waals surface area contributed by atoms with Gasteiger partial charge in [-0.2, -0.15) is 0 Å². The van der Waals surface area contributed by atoms with E-state index in [2.05, 4.69) is 6.92 Å². The summed E-state index contributed by atoms with van der Waals surface area (Å²) in [5.74, 6) is -0.162. The third-order valence-corrected chi connectivity index (χ3v) is 5.99. The van der Waals surface area contributed by atoms with Crippen molar-refractivity contribution in [3.8, 4) is 0 Å². The van der Waals surface area contributed by atoms with Crippen LogP contribution in [0, 0.1) is 0 Å². The number of ether oxygens (including phenoxy) is 1. The van der Waals surface area contributed by atoms with Crippen molar-refractivity contribution in [2.45, 2.75) is 149 Å². The van der Waals surface area contributed by atoms with E-state index in [0.29, 0.717) is 12.2 Å². The Bertz CT molecular complexity index is 373. The van der Waals surface area contributed by atoms with Gasteiger partial charge >= 0.3 is 5.97 Å². The molecule has 2 nitrogen and oxygen atoms in total. The van der Waals surface area contributed by atoms with Crippen molar-refractivity contribution in [2.75, 3.05) is 6.61 Å². The molecule has 0 amide bonds. The Kier molecular flexibility index (Phi) is 22.8. The number of allylic oxidation sites excluding steroid dienone is 1. The van der Waals surface area contributed by atoms with Gasteiger partial charge in [-0.05, 0) is 20.3 Å². The van der Waals surface area contributed by atoms with Gasteiger partial charge in [-0.1, -0.05) is 135 Å². The second kappa shape index (κ2) is 23.5. The summed E-state index contributed by atoms with van der Waals surface area (Å²) in [5.41, 5.74) is 0.707. The van der Waals surface area contributed by atoms with E-state index in [-0.39, 0.29) is 5.97 Å². The molecule has 0 rings (SSSR count). The highest BCUT2D eigenvalue weighted by Crippen LogP contribution is 2.14. The highest BCUT2D eigenvalue weighted by Gasteiger charge is 2.03. The van der Waals surface area contributed by atoms with Crippen molar-refractivity contribution in [1.29, 1.82) is 0 Å². The van der Waals surface area contributed by atoms with Crippen LogP contribution in [-0.2, 0) is 9.53 Å². The van der Waals surface area contributed by atoms with E-state index in [1.54, 1.807) is 13.0 Å². The number of carbonyl (C=O) groups excluding carboxylic acids is 1. The quantitative estimate of drug-likeness (QED) is 0.101. The average Bonchev–Trinajstić information content (AvgIpc) is 2.74. The lowest BCUT2D eigenvalue weighted by Gasteiger charge is -2.05. The molecule has 0 aliphatic rings. The summed E-state index contributed by atoms with van der Waals surface area (Å²) >= 11 is 0. The van der Waals surface area contributed by atoms with Crippen molar-refractivity contribution in [2.24, 2.45) is 0 Å². The molecule has 0 fully saturated rings. The molecule has 0 spiro atoms. The van der Waals surface area contributed by atoms with Gasteiger partial charge in [0.25, 0.3) is 0 Å². The van der Waals surface area contributed by atoms with Crippen LogP contribution in [0.25, 0.3) is 0 Å². The first kappa shape index (κ1) is 28.2. The number of unbranched alkanes of at least 4 members (excludes halogenated alkanes) is 19. The smallest absolute Gasteiger partial charge is 0.333 e. The Morgan fingerprint density at radius 1 is 0.586 bits per heavy atom. The molecule has 0 saturated carbocycles. The monoisotopic (exact) mass is 408 g/mol. The van der Waals surface area contributed by atoms with Crippen LogP contribution in [0.15, 0.2) is 11.6 Å². The zero-order chi connectivity index (χ0) is 21.4. The summed E-state index contributed by atoms with van der Waals surface area (Å²) < 4.78 is 5.22. The minimum Gasteiger partial charge on any atom is -0.462 e. The number of rotatable bonds is 22. The van der Waals surface area contributed by atoms with Gasteiger partial charge in [0.15, 0.2) is 0 Å². The van der Waals surface area contributed by atoms with Gasteiger partial charge in [0.1, 0.15) is 0 Å². The fourth-order valence-corrected chi connectivity index (χ4v) is 3.75. The van der Waals surface area contributed by atoms with Crippen LogP contribution < -0.4 is 0 Å². The maximum absolute atomic E-state index is 11.5. The van der Waals surface area contributed by atoms with Gasteiger partial charge in [0.2, 0.25) is 0 Å². The lowest BCUT2D eigenvalue weighted by atomic mass is 10.0. The van der Waals surface area contributed by atoms with E-state index in [4.69, 9.17) is 4.74 Å². The molecule has 0 aromatic carbocycles. The molecule has 2 heteroatoms. The molecule has 0 N–H and O–H groups in total. The Morgan fingerprint density at radius 3 is 1.21 bits per heavy atom. The van der Waals surface area contributed by atoms with Gasteiger partial charge in [0.05, 0.1) is 6.61 Å². The van der Waals surface area contributed by atoms with E-state index in [1.807, 2.05) is 6.92 Å². The standard InChI is InChI=1S/C27H52O2/c1-4-6-7-8-9-10-11-12-13-14-15-16-17-18-19-20-21-22-23-24-25-29-27(28)26(3)5-2/h5H,4,6-25H2,1-3H3/b26-5-. The molecule has 0 saturated heterocycles. The minimum absolute atomic E-state index is 0.162. The van der Waals surface area contributed by atoms with Crippen LogP contribution in [0.3, 0.4) is 0 Å². The number of hydrogen-bond acceptors (Lipinski definition) is 2. The Balaban J connectivity index is 3.09. The lowest BCUT2D eigenvalue weighted by molar-refractivity contribution is -0.139. The maximum atomic E-state index is 11.5. The maximum Gasteiger partial charge on any atom is 0.333 e. The fraction of sp³-hybridized carbons (Fsp3) is 0.889. The molecule has 0 aromatic heterocycles. The largest absolute Gasteiger partial charge is 0.462 e. The van der Waals surface area contributed by atoms with Gasteiger partial charge < -0.3 is 4.74 Å². The number of carbonyl (C=O) groups is 1. The molecule has 0 radical (unpaired) electrons. The topological polar surface area (TPSA) is 26.3 Å². The van der Waals surface area contributed by atoms with E-state index < -0.39 is 0 Å². The molecule has 172 valence electrons. The molecule has 29 heavy (non-hydrogen) atoms. The van der Waals surface area contributed by atoms with Gasteiger partial charge in [-0.3, -0.25) is 0 Å². The third-order valence-electron chi connectivity index (χ3n) is 5.99. The summed E-state index contributed by atoms with van der Waals surface area (Å²) in [7, 11) is 0. The zero-order valence-electron chi connectivity index (χ0n) is 20.2. The van der Waals surface area contributed by atoms with Gasteiger partial charge in [0, 0.05) is 5.57 Å². The fourth-order valence-electron chi connectivity index (χ4n) is 3.75. The van der Waals surface area contributed by atoms with E-state index in [0.717, 1.165) is 6.42 Å². The Morgan fingerprint density at radius 2 is 0.897 bits per heavy atom. The summed E-state index contributed by atoms with van der Waals surface area (Å²) in [5, 5.41) is 0. The van der Waals surface area contributed by atoms with E-state index in [1.165, 1.54) is 122 Å². The first-order chi connectivity index (χ1) is 14.2. The first-order valence-electron chi connectivity index (χ1n) is 13.0. The van der Waals surface area contributed by atoms with Gasteiger partial charge in [-0.25, -0.2) is 4.79 Å². The number of esters is 1. The van der Waals surface area contributed by atoms with Crippen LogP contribution in [0.5, 0.6) is 0 Å².